The average molecular weight is 225 g/mol. The molecule has 0 spiro atoms. The lowest BCUT2D eigenvalue weighted by Gasteiger charge is -2.15. The van der Waals surface area contributed by atoms with E-state index >= 15 is 0 Å². The van der Waals surface area contributed by atoms with Crippen molar-refractivity contribution in [2.45, 2.75) is 39.4 Å². The maximum absolute atomic E-state index is 11.4. The molecular formula is C11H19N3O2. The lowest BCUT2D eigenvalue weighted by atomic mass is 10.3. The molecule has 16 heavy (non-hydrogen) atoms. The van der Waals surface area contributed by atoms with Crippen LogP contribution in [0.4, 0.5) is 0 Å². The second kappa shape index (κ2) is 5.65. The van der Waals surface area contributed by atoms with Crippen molar-refractivity contribution in [3.63, 3.8) is 0 Å². The summed E-state index contributed by atoms with van der Waals surface area (Å²) >= 11 is 0. The van der Waals surface area contributed by atoms with Crippen molar-refractivity contribution in [3.05, 3.63) is 18.2 Å². The summed E-state index contributed by atoms with van der Waals surface area (Å²) in [5.74, 6) is 0.579. The third-order valence-corrected chi connectivity index (χ3v) is 2.38. The van der Waals surface area contributed by atoms with E-state index in [1.165, 1.54) is 7.11 Å². The van der Waals surface area contributed by atoms with Crippen molar-refractivity contribution in [3.8, 4) is 0 Å². The second-order valence-electron chi connectivity index (χ2n) is 3.99. The average Bonchev–Trinajstić information content (AvgIpc) is 2.72. The van der Waals surface area contributed by atoms with Gasteiger partial charge >= 0.3 is 5.97 Å². The van der Waals surface area contributed by atoms with E-state index in [4.69, 9.17) is 4.74 Å². The minimum Gasteiger partial charge on any atom is -0.467 e. The highest BCUT2D eigenvalue weighted by molar-refractivity contribution is 5.73. The molecule has 0 aliphatic heterocycles. The van der Waals surface area contributed by atoms with E-state index in [9.17, 15) is 4.79 Å². The van der Waals surface area contributed by atoms with Gasteiger partial charge in [0.15, 0.2) is 0 Å². The number of hydrogen-bond donors (Lipinski definition) is 1. The van der Waals surface area contributed by atoms with Crippen LogP contribution in [0.5, 0.6) is 0 Å². The van der Waals surface area contributed by atoms with Gasteiger partial charge in [-0.25, -0.2) is 9.78 Å². The molecular weight excluding hydrogens is 206 g/mol. The maximum atomic E-state index is 11.4. The zero-order valence-electron chi connectivity index (χ0n) is 10.2. The molecule has 0 aliphatic carbocycles. The number of imidazole rings is 1. The van der Waals surface area contributed by atoms with Crippen molar-refractivity contribution in [2.75, 3.05) is 7.11 Å². The van der Waals surface area contributed by atoms with Crippen LogP contribution in [0.15, 0.2) is 12.4 Å². The Kier molecular flexibility index (Phi) is 4.49. The number of nitrogens with one attached hydrogen (secondary N) is 1. The molecule has 5 nitrogen and oxygen atoms in total. The number of hydrogen-bond acceptors (Lipinski definition) is 4. The minimum absolute atomic E-state index is 0.260. The van der Waals surface area contributed by atoms with E-state index in [0.717, 1.165) is 5.82 Å². The van der Waals surface area contributed by atoms with Gasteiger partial charge in [0.2, 0.25) is 0 Å². The smallest absolute Gasteiger partial charge is 0.328 e. The van der Waals surface area contributed by atoms with Gasteiger partial charge in [-0.15, -0.1) is 0 Å². The van der Waals surface area contributed by atoms with Crippen LogP contribution in [-0.2, 0) is 16.1 Å². The molecule has 1 heterocycles. The highest BCUT2D eigenvalue weighted by atomic mass is 16.5. The van der Waals surface area contributed by atoms with Crippen LogP contribution in [0.1, 0.15) is 32.6 Å². The van der Waals surface area contributed by atoms with Crippen LogP contribution in [0.2, 0.25) is 0 Å². The molecule has 0 saturated carbocycles. The van der Waals surface area contributed by atoms with E-state index < -0.39 is 0 Å². The summed E-state index contributed by atoms with van der Waals surface area (Å²) in [6.45, 7) is 6.58. The van der Waals surface area contributed by atoms with Gasteiger partial charge in [-0.3, -0.25) is 0 Å². The first kappa shape index (κ1) is 12.7. The summed E-state index contributed by atoms with van der Waals surface area (Å²) in [5, 5.41) is 3.26. The largest absolute Gasteiger partial charge is 0.467 e. The normalized spacial score (nSPS) is 12.8. The van der Waals surface area contributed by atoms with Crippen molar-refractivity contribution < 1.29 is 9.53 Å². The zero-order valence-corrected chi connectivity index (χ0v) is 10.2. The number of carbonyl (C=O) groups excluding carboxylic acids is 1. The summed E-state index contributed by atoms with van der Waals surface area (Å²) < 4.78 is 6.53. The van der Waals surface area contributed by atoms with Gasteiger partial charge in [0.1, 0.15) is 11.9 Å². The van der Waals surface area contributed by atoms with E-state index in [1.807, 2.05) is 4.57 Å². The molecule has 0 amide bonds. The Balaban J connectivity index is 2.73. The molecule has 0 radical (unpaired) electrons. The van der Waals surface area contributed by atoms with Crippen molar-refractivity contribution in [1.82, 2.24) is 14.9 Å². The van der Waals surface area contributed by atoms with Crippen LogP contribution in [-0.4, -0.2) is 28.7 Å². The Bertz CT molecular complexity index is 347. The minimum atomic E-state index is -0.337. The number of ether oxygens (including phenoxy) is 1. The molecule has 1 aromatic rings. The third kappa shape index (κ3) is 3.06. The number of esters is 1. The van der Waals surface area contributed by atoms with E-state index in [2.05, 4.69) is 24.1 Å². The molecule has 0 fully saturated rings. The number of rotatable bonds is 5. The Morgan fingerprint density at radius 2 is 2.25 bits per heavy atom. The Morgan fingerprint density at radius 3 is 2.81 bits per heavy atom. The molecule has 1 aromatic heterocycles. The molecule has 5 heteroatoms. The fraction of sp³-hybridized carbons (Fsp3) is 0.636. The lowest BCUT2D eigenvalue weighted by molar-refractivity contribution is -0.144. The molecule has 1 N–H and O–H groups in total. The number of methoxy groups -OCH3 is 1. The van der Waals surface area contributed by atoms with Crippen LogP contribution in [0, 0.1) is 0 Å². The number of aromatic nitrogens is 2. The van der Waals surface area contributed by atoms with Crippen LogP contribution >= 0.6 is 0 Å². The SMILES string of the molecule is COC(=O)C(C)n1ccnc1CNC(C)C. The summed E-state index contributed by atoms with van der Waals surface area (Å²) in [4.78, 5) is 15.6. The van der Waals surface area contributed by atoms with Crippen molar-refractivity contribution in [1.29, 1.82) is 0 Å². The number of nitrogens with zero attached hydrogens (tertiary/aromatic N) is 2. The lowest BCUT2D eigenvalue weighted by Crippen LogP contribution is -2.26. The first-order valence-electron chi connectivity index (χ1n) is 5.39. The highest BCUT2D eigenvalue weighted by Crippen LogP contribution is 2.10. The maximum Gasteiger partial charge on any atom is 0.328 e. The Hall–Kier alpha value is -1.36. The molecule has 90 valence electrons. The molecule has 0 aromatic carbocycles. The van der Waals surface area contributed by atoms with Crippen molar-refractivity contribution >= 4 is 5.97 Å². The molecule has 0 bridgehead atoms. The Labute approximate surface area is 95.8 Å². The molecule has 1 atom stereocenters. The predicted molar refractivity (Wildman–Crippen MR) is 60.9 cm³/mol. The fourth-order valence-corrected chi connectivity index (χ4v) is 1.41. The van der Waals surface area contributed by atoms with Crippen LogP contribution in [0.3, 0.4) is 0 Å². The molecule has 1 unspecified atom stereocenters. The summed E-state index contributed by atoms with van der Waals surface area (Å²) in [5.41, 5.74) is 0. The van der Waals surface area contributed by atoms with Gasteiger partial charge in [0.25, 0.3) is 0 Å². The molecule has 0 saturated heterocycles. The van der Waals surface area contributed by atoms with Gasteiger partial charge in [-0.2, -0.15) is 0 Å². The first-order valence-corrected chi connectivity index (χ1v) is 5.39. The van der Waals surface area contributed by atoms with E-state index in [0.29, 0.717) is 12.6 Å². The Morgan fingerprint density at radius 1 is 1.56 bits per heavy atom. The quantitative estimate of drug-likeness (QED) is 0.763. The van der Waals surface area contributed by atoms with Gasteiger partial charge in [-0.05, 0) is 6.92 Å². The second-order valence-corrected chi connectivity index (χ2v) is 3.99. The monoisotopic (exact) mass is 225 g/mol. The predicted octanol–water partition coefficient (Wildman–Crippen LogP) is 1.12. The van der Waals surface area contributed by atoms with Gasteiger partial charge in [-0.1, -0.05) is 13.8 Å². The highest BCUT2D eigenvalue weighted by Gasteiger charge is 2.17. The van der Waals surface area contributed by atoms with E-state index in [1.54, 1.807) is 19.3 Å². The van der Waals surface area contributed by atoms with Crippen LogP contribution in [0.25, 0.3) is 0 Å². The first-order chi connectivity index (χ1) is 7.56. The summed E-state index contributed by atoms with van der Waals surface area (Å²) in [6.07, 6.45) is 3.48. The zero-order chi connectivity index (χ0) is 12.1. The van der Waals surface area contributed by atoms with Gasteiger partial charge < -0.3 is 14.6 Å². The third-order valence-electron chi connectivity index (χ3n) is 2.38. The van der Waals surface area contributed by atoms with Gasteiger partial charge in [0, 0.05) is 18.4 Å². The molecule has 1 rings (SSSR count). The topological polar surface area (TPSA) is 56.2 Å². The molecule has 0 aliphatic rings. The van der Waals surface area contributed by atoms with Crippen molar-refractivity contribution in [2.24, 2.45) is 0 Å². The summed E-state index contributed by atoms with van der Waals surface area (Å²) in [6, 6.07) is 0.0510. The standard InChI is InChI=1S/C11H19N3O2/c1-8(2)13-7-10-12-5-6-14(10)9(3)11(15)16-4/h5-6,8-9,13H,7H2,1-4H3. The van der Waals surface area contributed by atoms with Crippen LogP contribution < -0.4 is 5.32 Å². The van der Waals surface area contributed by atoms with E-state index in [-0.39, 0.29) is 12.0 Å². The number of carbonyl (C=O) groups is 1. The van der Waals surface area contributed by atoms with Gasteiger partial charge in [0.05, 0.1) is 13.7 Å². The fourth-order valence-electron chi connectivity index (χ4n) is 1.41. The summed E-state index contributed by atoms with van der Waals surface area (Å²) in [7, 11) is 1.39.